The van der Waals surface area contributed by atoms with Gasteiger partial charge in [0.2, 0.25) is 16.8 Å². The van der Waals surface area contributed by atoms with Crippen molar-refractivity contribution in [2.45, 2.75) is 26.3 Å². The van der Waals surface area contributed by atoms with E-state index in [0.29, 0.717) is 30.3 Å². The Morgan fingerprint density at radius 3 is 2.74 bits per heavy atom. The predicted octanol–water partition coefficient (Wildman–Crippen LogP) is 1.80. The van der Waals surface area contributed by atoms with Crippen LogP contribution >= 0.6 is 22.6 Å². The average Bonchev–Trinajstić information content (AvgIpc) is 3.27. The van der Waals surface area contributed by atoms with E-state index >= 15 is 0 Å². The van der Waals surface area contributed by atoms with Crippen molar-refractivity contribution in [2.24, 2.45) is 0 Å². The Hall–Kier alpha value is -2.26. The zero-order valence-corrected chi connectivity index (χ0v) is 19.5. The maximum absolute atomic E-state index is 13.9. The highest BCUT2D eigenvalue weighted by Crippen LogP contribution is 2.36. The Morgan fingerprint density at radius 2 is 2.00 bits per heavy atom. The molecule has 0 atom stereocenters. The summed E-state index contributed by atoms with van der Waals surface area (Å²) < 4.78 is 53.8. The third-order valence-corrected chi connectivity index (χ3v) is 7.28. The fourth-order valence-corrected chi connectivity index (χ4v) is 5.10. The molecule has 3 N–H and O–H groups in total. The number of hydrogen-bond donors (Lipinski definition) is 2. The van der Waals surface area contributed by atoms with Crippen LogP contribution in [0.1, 0.15) is 24.7 Å². The van der Waals surface area contributed by atoms with E-state index in [1.807, 2.05) is 12.1 Å². The number of benzene rings is 1. The zero-order valence-electron chi connectivity index (χ0n) is 16.6. The van der Waals surface area contributed by atoms with Gasteiger partial charge in [-0.05, 0) is 46.7 Å². The molecule has 166 valence electrons. The molecule has 3 heterocycles. The van der Waals surface area contributed by atoms with E-state index in [1.54, 1.807) is 11.5 Å². The molecule has 1 aliphatic rings. The fraction of sp³-hybridized carbons (Fsp3) is 0.389. The molecular weight excluding hydrogens is 542 g/mol. The number of nitrogens with one attached hydrogen (secondary N) is 1. The van der Waals surface area contributed by atoms with Crippen molar-refractivity contribution in [1.29, 1.82) is 0 Å². The van der Waals surface area contributed by atoms with E-state index in [9.17, 15) is 12.8 Å². The third kappa shape index (κ3) is 4.67. The number of nitrogens with two attached hydrogens (primary N) is 1. The number of nitrogen functional groups attached to an aromatic ring is 1. The van der Waals surface area contributed by atoms with Gasteiger partial charge in [0.15, 0.2) is 28.5 Å². The van der Waals surface area contributed by atoms with Gasteiger partial charge in [-0.3, -0.25) is 0 Å². The Labute approximate surface area is 191 Å². The quantitative estimate of drug-likeness (QED) is 0.314. The van der Waals surface area contributed by atoms with Crippen molar-refractivity contribution in [1.82, 2.24) is 24.2 Å². The number of rotatable bonds is 8. The van der Waals surface area contributed by atoms with Gasteiger partial charge in [0.25, 0.3) is 0 Å². The molecule has 0 saturated heterocycles. The Balaban J connectivity index is 1.69. The number of hydrogen-bond acceptors (Lipinski definition) is 8. The summed E-state index contributed by atoms with van der Waals surface area (Å²) in [5.74, 6) is 1.74. The molecule has 0 saturated carbocycles. The molecule has 0 spiro atoms. The smallest absolute Gasteiger partial charge is 0.312 e. The molecule has 13 heteroatoms. The number of sulfonamides is 1. The molecule has 0 amide bonds. The molecule has 1 aliphatic heterocycles. The highest BCUT2D eigenvalue weighted by Gasteiger charge is 2.21. The first-order chi connectivity index (χ1) is 14.8. The minimum atomic E-state index is -3.39. The van der Waals surface area contributed by atoms with Crippen molar-refractivity contribution in [3.63, 3.8) is 0 Å². The van der Waals surface area contributed by atoms with E-state index in [2.05, 4.69) is 42.3 Å². The van der Waals surface area contributed by atoms with Crippen LogP contribution in [0.5, 0.6) is 11.5 Å². The predicted molar refractivity (Wildman–Crippen MR) is 120 cm³/mol. The first-order valence-corrected chi connectivity index (χ1v) is 12.2. The largest absolute Gasteiger partial charge is 0.454 e. The summed E-state index contributed by atoms with van der Waals surface area (Å²) in [5.41, 5.74) is 7.30. The van der Waals surface area contributed by atoms with Crippen LogP contribution in [-0.2, 0) is 23.0 Å². The lowest BCUT2D eigenvalue weighted by atomic mass is 10.1. The second-order valence-electron chi connectivity index (χ2n) is 6.87. The number of fused-ring (bicyclic) bond motifs is 2. The number of anilines is 1. The number of ether oxygens (including phenoxy) is 2. The van der Waals surface area contributed by atoms with Gasteiger partial charge in [-0.15, -0.1) is 0 Å². The molecule has 3 aromatic rings. The maximum atomic E-state index is 13.9. The summed E-state index contributed by atoms with van der Waals surface area (Å²) in [4.78, 5) is 12.0. The van der Waals surface area contributed by atoms with Crippen LogP contribution in [0.25, 0.3) is 11.2 Å². The van der Waals surface area contributed by atoms with E-state index in [-0.39, 0.29) is 42.5 Å². The van der Waals surface area contributed by atoms with Crippen LogP contribution in [0.15, 0.2) is 12.1 Å². The molecule has 31 heavy (non-hydrogen) atoms. The van der Waals surface area contributed by atoms with E-state index in [0.717, 1.165) is 9.13 Å². The Morgan fingerprint density at radius 1 is 1.26 bits per heavy atom. The number of aromatic nitrogens is 4. The van der Waals surface area contributed by atoms with Gasteiger partial charge in [0.1, 0.15) is 5.82 Å². The molecule has 0 aliphatic carbocycles. The van der Waals surface area contributed by atoms with Crippen molar-refractivity contribution in [3.05, 3.63) is 33.2 Å². The van der Waals surface area contributed by atoms with Gasteiger partial charge in [0.05, 0.1) is 5.75 Å². The first-order valence-electron chi connectivity index (χ1n) is 9.51. The summed E-state index contributed by atoms with van der Waals surface area (Å²) in [5, 5.41) is 0. The van der Waals surface area contributed by atoms with Crippen molar-refractivity contribution in [2.75, 3.05) is 24.8 Å². The number of nitrogens with zero attached hydrogens (tertiary/aromatic N) is 4. The van der Waals surface area contributed by atoms with Gasteiger partial charge < -0.3 is 19.8 Å². The fourth-order valence-electron chi connectivity index (χ4n) is 3.38. The second-order valence-corrected chi connectivity index (χ2v) is 9.96. The molecule has 0 fully saturated rings. The number of aryl methyl sites for hydroxylation is 1. The first kappa shape index (κ1) is 22.0. The topological polar surface area (TPSA) is 134 Å². The van der Waals surface area contributed by atoms with E-state index in [4.69, 9.17) is 15.2 Å². The molecule has 0 bridgehead atoms. The molecule has 0 radical (unpaired) electrons. The van der Waals surface area contributed by atoms with Gasteiger partial charge in [-0.25, -0.2) is 18.1 Å². The SMILES string of the molecule is CCNS(=O)(=O)CCCn1c(Cc2cc3c(cc2I)OCO3)nc2c(N)nc(F)nc21. The van der Waals surface area contributed by atoms with Crippen LogP contribution in [0.3, 0.4) is 0 Å². The zero-order chi connectivity index (χ0) is 22.2. The third-order valence-electron chi connectivity index (χ3n) is 4.72. The number of halogens is 2. The Kier molecular flexibility index (Phi) is 6.16. The highest BCUT2D eigenvalue weighted by molar-refractivity contribution is 14.1. The van der Waals surface area contributed by atoms with Gasteiger partial charge in [-0.2, -0.15) is 14.4 Å². The summed E-state index contributed by atoms with van der Waals surface area (Å²) in [6.45, 7) is 2.47. The second kappa shape index (κ2) is 8.70. The summed E-state index contributed by atoms with van der Waals surface area (Å²) >= 11 is 2.20. The van der Waals surface area contributed by atoms with Crippen LogP contribution in [-0.4, -0.2) is 47.0 Å². The van der Waals surface area contributed by atoms with Crippen LogP contribution in [0.4, 0.5) is 10.2 Å². The summed E-state index contributed by atoms with van der Waals surface area (Å²) in [6, 6.07) is 3.75. The van der Waals surface area contributed by atoms with Crippen LogP contribution in [0.2, 0.25) is 0 Å². The van der Waals surface area contributed by atoms with E-state index in [1.165, 1.54) is 0 Å². The monoisotopic (exact) mass is 562 g/mol. The standard InChI is InChI=1S/C18H20FIN6O4S/c1-2-22-31(27,28)5-3-4-26-14(23-15-16(21)24-18(19)25-17(15)26)7-10-6-12-13(8-11(10)20)30-9-29-12/h6,8,22H,2-5,7,9H2,1H3,(H2,21,24,25). The minimum absolute atomic E-state index is 0.0665. The summed E-state index contributed by atoms with van der Waals surface area (Å²) in [6.07, 6.45) is -0.292. The Bertz CT molecular complexity index is 1250. The highest BCUT2D eigenvalue weighted by atomic mass is 127. The summed E-state index contributed by atoms with van der Waals surface area (Å²) in [7, 11) is -3.39. The van der Waals surface area contributed by atoms with Crippen LogP contribution < -0.4 is 19.9 Å². The van der Waals surface area contributed by atoms with Crippen LogP contribution in [0, 0.1) is 9.65 Å². The number of imidazole rings is 1. The lowest BCUT2D eigenvalue weighted by Gasteiger charge is -2.11. The van der Waals surface area contributed by atoms with Crippen molar-refractivity contribution >= 4 is 49.6 Å². The molecule has 0 unspecified atom stereocenters. The molecule has 10 nitrogen and oxygen atoms in total. The van der Waals surface area contributed by atoms with E-state index < -0.39 is 16.1 Å². The van der Waals surface area contributed by atoms with Gasteiger partial charge >= 0.3 is 6.08 Å². The average molecular weight is 562 g/mol. The minimum Gasteiger partial charge on any atom is -0.454 e. The lowest BCUT2D eigenvalue weighted by molar-refractivity contribution is 0.174. The maximum Gasteiger partial charge on any atom is 0.312 e. The van der Waals surface area contributed by atoms with Gasteiger partial charge in [0, 0.05) is 23.1 Å². The lowest BCUT2D eigenvalue weighted by Crippen LogP contribution is -2.26. The van der Waals surface area contributed by atoms with Crippen molar-refractivity contribution in [3.8, 4) is 11.5 Å². The normalized spacial score (nSPS) is 13.3. The molecule has 4 rings (SSSR count). The molecular formula is C18H20FIN6O4S. The van der Waals surface area contributed by atoms with Crippen molar-refractivity contribution < 1.29 is 22.3 Å². The molecule has 1 aromatic carbocycles. The van der Waals surface area contributed by atoms with Gasteiger partial charge in [-0.1, -0.05) is 6.92 Å². The molecule has 2 aromatic heterocycles.